The summed E-state index contributed by atoms with van der Waals surface area (Å²) in [6.45, 7) is 18.0. The molecule has 4 heteroatoms. The number of hydrogen-bond donors (Lipinski definition) is 1. The number of allylic oxidation sites excluding steroid dienone is 5. The van der Waals surface area contributed by atoms with Crippen LogP contribution in [-0.4, -0.2) is 29.1 Å². The number of aliphatic hydroxyl groups is 1. The average Bonchev–Trinajstić information content (AvgIpc) is 3.09. The highest BCUT2D eigenvalue weighted by atomic mass is 32.2. The molecule has 0 heterocycles. The summed E-state index contributed by atoms with van der Waals surface area (Å²) in [6.07, 6.45) is 17.0. The Morgan fingerprint density at radius 3 is 2.41 bits per heavy atom. The fraction of sp³-hybridized carbons (Fsp3) is 0.733. The molecule has 3 nitrogen and oxygen atoms in total. The number of hydrogen-bond acceptors (Lipinski definition) is 3. The van der Waals surface area contributed by atoms with Crippen LogP contribution in [0.4, 0.5) is 0 Å². The Kier molecular flexibility index (Phi) is 7.86. The van der Waals surface area contributed by atoms with Crippen molar-refractivity contribution < 1.29 is 13.5 Å². The lowest BCUT2D eigenvalue weighted by atomic mass is 9.61. The molecule has 3 aliphatic rings. The van der Waals surface area contributed by atoms with Gasteiger partial charge in [0.15, 0.2) is 9.84 Å². The SMILES string of the molecule is C=C1CCC(O)C/C1=C/C=C1\CCCC2(C)C1CCC2C(C)/C=C/C(C)(C)S(=O)(=O)C(C)(C)C. The first-order valence-electron chi connectivity index (χ1n) is 13.3. The van der Waals surface area contributed by atoms with E-state index in [2.05, 4.69) is 38.7 Å². The Labute approximate surface area is 209 Å². The van der Waals surface area contributed by atoms with E-state index in [-0.39, 0.29) is 11.5 Å². The largest absolute Gasteiger partial charge is 0.393 e. The van der Waals surface area contributed by atoms with Gasteiger partial charge in [-0.3, -0.25) is 0 Å². The lowest BCUT2D eigenvalue weighted by Crippen LogP contribution is -2.42. The molecule has 3 aliphatic carbocycles. The van der Waals surface area contributed by atoms with Crippen LogP contribution in [0.2, 0.25) is 0 Å². The minimum absolute atomic E-state index is 0.235. The normalized spacial score (nSPS) is 34.7. The highest BCUT2D eigenvalue weighted by Gasteiger charge is 2.50. The van der Waals surface area contributed by atoms with Crippen molar-refractivity contribution in [2.45, 2.75) is 115 Å². The zero-order chi connectivity index (χ0) is 25.5. The molecule has 0 amide bonds. The van der Waals surface area contributed by atoms with E-state index < -0.39 is 19.3 Å². The third kappa shape index (κ3) is 5.19. The molecule has 0 aromatic rings. The van der Waals surface area contributed by atoms with Gasteiger partial charge < -0.3 is 5.11 Å². The molecule has 5 atom stereocenters. The molecular formula is C30H48O3S. The third-order valence-electron chi connectivity index (χ3n) is 9.16. The van der Waals surface area contributed by atoms with E-state index in [9.17, 15) is 13.5 Å². The summed E-state index contributed by atoms with van der Waals surface area (Å²) < 4.78 is 24.6. The Morgan fingerprint density at radius 2 is 1.76 bits per heavy atom. The number of rotatable bonds is 5. The molecule has 0 aromatic heterocycles. The molecule has 0 spiro atoms. The van der Waals surface area contributed by atoms with Gasteiger partial charge in [-0.2, -0.15) is 0 Å². The summed E-state index contributed by atoms with van der Waals surface area (Å²) in [7, 11) is -3.30. The van der Waals surface area contributed by atoms with Gasteiger partial charge in [0.05, 0.1) is 15.6 Å². The van der Waals surface area contributed by atoms with Crippen molar-refractivity contribution in [1.29, 1.82) is 0 Å². The molecule has 0 bridgehead atoms. The maximum absolute atomic E-state index is 13.1. The molecule has 192 valence electrons. The highest BCUT2D eigenvalue weighted by Crippen LogP contribution is 2.59. The van der Waals surface area contributed by atoms with Crippen LogP contribution in [0.15, 0.2) is 47.6 Å². The van der Waals surface area contributed by atoms with Gasteiger partial charge in [0, 0.05) is 0 Å². The predicted molar refractivity (Wildman–Crippen MR) is 144 cm³/mol. The van der Waals surface area contributed by atoms with Crippen molar-refractivity contribution >= 4 is 9.84 Å². The summed E-state index contributed by atoms with van der Waals surface area (Å²) in [5.41, 5.74) is 4.20. The number of fused-ring (bicyclic) bond motifs is 1. The summed E-state index contributed by atoms with van der Waals surface area (Å²) in [5, 5.41) is 10.1. The summed E-state index contributed by atoms with van der Waals surface area (Å²) >= 11 is 0. The maximum atomic E-state index is 13.1. The molecule has 0 aliphatic heterocycles. The van der Waals surface area contributed by atoms with Gasteiger partial charge in [0.25, 0.3) is 0 Å². The van der Waals surface area contributed by atoms with Crippen molar-refractivity contribution in [3.63, 3.8) is 0 Å². The van der Waals surface area contributed by atoms with Crippen LogP contribution >= 0.6 is 0 Å². The van der Waals surface area contributed by atoms with Crippen LogP contribution in [0.3, 0.4) is 0 Å². The number of aliphatic hydroxyl groups excluding tert-OH is 1. The first kappa shape index (κ1) is 27.5. The second-order valence-corrected chi connectivity index (χ2v) is 16.3. The highest BCUT2D eigenvalue weighted by molar-refractivity contribution is 7.94. The minimum Gasteiger partial charge on any atom is -0.393 e. The number of sulfone groups is 1. The first-order chi connectivity index (χ1) is 15.6. The van der Waals surface area contributed by atoms with E-state index in [1.54, 1.807) is 26.3 Å². The van der Waals surface area contributed by atoms with Crippen molar-refractivity contribution in [2.75, 3.05) is 0 Å². The predicted octanol–water partition coefficient (Wildman–Crippen LogP) is 7.34. The van der Waals surface area contributed by atoms with Crippen molar-refractivity contribution in [3.05, 3.63) is 47.6 Å². The Bertz CT molecular complexity index is 973. The molecule has 3 fully saturated rings. The molecule has 3 rings (SSSR count). The van der Waals surface area contributed by atoms with Gasteiger partial charge in [-0.15, -0.1) is 0 Å². The summed E-state index contributed by atoms with van der Waals surface area (Å²) in [6, 6.07) is 0. The Morgan fingerprint density at radius 1 is 1.09 bits per heavy atom. The zero-order valence-electron chi connectivity index (χ0n) is 22.7. The Hall–Kier alpha value is -1.13. The second kappa shape index (κ2) is 9.73. The van der Waals surface area contributed by atoms with E-state index in [0.29, 0.717) is 17.8 Å². The van der Waals surface area contributed by atoms with Crippen molar-refractivity contribution in [1.82, 2.24) is 0 Å². The maximum Gasteiger partial charge on any atom is 0.163 e. The lowest BCUT2D eigenvalue weighted by Gasteiger charge is -2.44. The van der Waals surface area contributed by atoms with Crippen molar-refractivity contribution in [3.8, 4) is 0 Å². The van der Waals surface area contributed by atoms with Gasteiger partial charge in [0.1, 0.15) is 0 Å². The second-order valence-electron chi connectivity index (χ2n) is 13.0. The van der Waals surface area contributed by atoms with Gasteiger partial charge >= 0.3 is 0 Å². The van der Waals surface area contributed by atoms with E-state index in [4.69, 9.17) is 0 Å². The lowest BCUT2D eigenvalue weighted by molar-refractivity contribution is 0.112. The van der Waals surface area contributed by atoms with Crippen LogP contribution in [0, 0.1) is 23.2 Å². The molecule has 3 saturated carbocycles. The van der Waals surface area contributed by atoms with Gasteiger partial charge in [-0.1, -0.05) is 55.9 Å². The van der Waals surface area contributed by atoms with Crippen LogP contribution in [0.5, 0.6) is 0 Å². The molecule has 0 radical (unpaired) electrons. The first-order valence-corrected chi connectivity index (χ1v) is 14.8. The van der Waals surface area contributed by atoms with E-state index in [1.165, 1.54) is 36.8 Å². The van der Waals surface area contributed by atoms with Gasteiger partial charge in [0.2, 0.25) is 0 Å². The van der Waals surface area contributed by atoms with Gasteiger partial charge in [-0.25, -0.2) is 8.42 Å². The summed E-state index contributed by atoms with van der Waals surface area (Å²) in [5.74, 6) is 1.49. The minimum atomic E-state index is -3.30. The monoisotopic (exact) mass is 488 g/mol. The molecule has 34 heavy (non-hydrogen) atoms. The van der Waals surface area contributed by atoms with E-state index >= 15 is 0 Å². The molecule has 5 unspecified atom stereocenters. The third-order valence-corrected chi connectivity index (χ3v) is 12.3. The molecular weight excluding hydrogens is 440 g/mol. The van der Waals surface area contributed by atoms with Crippen LogP contribution in [0.1, 0.15) is 99.8 Å². The topological polar surface area (TPSA) is 54.4 Å². The smallest absolute Gasteiger partial charge is 0.163 e. The zero-order valence-corrected chi connectivity index (χ0v) is 23.5. The van der Waals surface area contributed by atoms with Crippen LogP contribution in [0.25, 0.3) is 0 Å². The standard InChI is InChI=1S/C30H48O3S/c1-21-11-14-25(31)20-24(21)13-12-23-10-9-18-30(8)26(15-16-27(23)30)22(2)17-19-29(6,7)34(32,33)28(3,4)5/h12-13,17,19,22,25-27,31H,1,9-11,14-16,18,20H2,2-8H3/b19-17+,23-12+,24-13-. The van der Waals surface area contributed by atoms with E-state index in [0.717, 1.165) is 25.7 Å². The molecule has 0 saturated heterocycles. The molecule has 0 aromatic carbocycles. The van der Waals surface area contributed by atoms with Crippen LogP contribution in [-0.2, 0) is 9.84 Å². The van der Waals surface area contributed by atoms with Gasteiger partial charge in [-0.05, 0) is 115 Å². The molecule has 1 N–H and O–H groups in total. The quantitative estimate of drug-likeness (QED) is 0.412. The fourth-order valence-corrected chi connectivity index (χ4v) is 8.77. The summed E-state index contributed by atoms with van der Waals surface area (Å²) in [4.78, 5) is 0. The van der Waals surface area contributed by atoms with Crippen LogP contribution < -0.4 is 0 Å². The Balaban J connectivity index is 1.79. The van der Waals surface area contributed by atoms with Crippen molar-refractivity contribution in [2.24, 2.45) is 23.2 Å². The fourth-order valence-electron chi connectivity index (χ4n) is 6.93. The van der Waals surface area contributed by atoms with E-state index in [1.807, 2.05) is 19.9 Å². The average molecular weight is 489 g/mol.